The molecule has 1 aromatic rings. The van der Waals surface area contributed by atoms with E-state index in [1.165, 1.54) is 16.7 Å². The van der Waals surface area contributed by atoms with Gasteiger partial charge in [0.2, 0.25) is 0 Å². The fourth-order valence-electron chi connectivity index (χ4n) is 1.28. The average Bonchev–Trinajstić information content (AvgIpc) is 2.08. The van der Waals surface area contributed by atoms with Crippen LogP contribution in [0.1, 0.15) is 23.6 Å². The quantitative estimate of drug-likeness (QED) is 0.709. The molecule has 12 heavy (non-hydrogen) atoms. The lowest BCUT2D eigenvalue weighted by Gasteiger charge is -2.11. The molecule has 0 bridgehead atoms. The maximum atomic E-state index is 8.97. The third-order valence-corrected chi connectivity index (χ3v) is 2.09. The Morgan fingerprint density at radius 3 is 2.58 bits per heavy atom. The second-order valence-electron chi connectivity index (χ2n) is 3.26. The number of benzene rings is 1. The molecule has 0 aromatic heterocycles. The first-order valence-electron chi connectivity index (χ1n) is 4.16. The standard InChI is InChI=1S/C11H15O/c1-8-4-5-9(2)11(6-8)10(3)7-12/h4-6,12H,7H2,1-3H3. The maximum absolute atomic E-state index is 8.97. The van der Waals surface area contributed by atoms with Gasteiger partial charge < -0.3 is 5.11 Å². The largest absolute Gasteiger partial charge is 0.395 e. The molecule has 0 spiro atoms. The van der Waals surface area contributed by atoms with Crippen molar-refractivity contribution in [2.24, 2.45) is 0 Å². The zero-order chi connectivity index (χ0) is 9.14. The number of aliphatic hydroxyl groups is 1. The van der Waals surface area contributed by atoms with Crippen molar-refractivity contribution in [2.75, 3.05) is 6.61 Å². The second kappa shape index (κ2) is 3.72. The summed E-state index contributed by atoms with van der Waals surface area (Å²) in [5, 5.41) is 8.97. The number of hydrogen-bond acceptors (Lipinski definition) is 1. The monoisotopic (exact) mass is 163 g/mol. The summed E-state index contributed by atoms with van der Waals surface area (Å²) < 4.78 is 0. The second-order valence-corrected chi connectivity index (χ2v) is 3.26. The number of aliphatic hydroxyl groups excluding tert-OH is 1. The molecule has 0 aliphatic carbocycles. The van der Waals surface area contributed by atoms with Gasteiger partial charge >= 0.3 is 0 Å². The van der Waals surface area contributed by atoms with Crippen molar-refractivity contribution in [1.29, 1.82) is 0 Å². The van der Waals surface area contributed by atoms with E-state index in [-0.39, 0.29) is 6.61 Å². The van der Waals surface area contributed by atoms with Crippen LogP contribution in [0.25, 0.3) is 0 Å². The first-order valence-corrected chi connectivity index (χ1v) is 4.16. The van der Waals surface area contributed by atoms with Crippen molar-refractivity contribution in [3.05, 3.63) is 40.8 Å². The van der Waals surface area contributed by atoms with E-state index in [4.69, 9.17) is 5.11 Å². The first-order chi connectivity index (χ1) is 5.65. The van der Waals surface area contributed by atoms with Crippen LogP contribution >= 0.6 is 0 Å². The normalized spacial score (nSPS) is 10.8. The van der Waals surface area contributed by atoms with E-state index < -0.39 is 0 Å². The SMILES string of the molecule is C[C](CO)c1cc(C)ccc1C. The van der Waals surface area contributed by atoms with Crippen LogP contribution < -0.4 is 0 Å². The van der Waals surface area contributed by atoms with Gasteiger partial charge in [-0.2, -0.15) is 0 Å². The summed E-state index contributed by atoms with van der Waals surface area (Å²) in [4.78, 5) is 0. The molecule has 0 unspecified atom stereocenters. The molecule has 0 saturated heterocycles. The molecule has 1 nitrogen and oxygen atoms in total. The molecule has 0 amide bonds. The van der Waals surface area contributed by atoms with Gasteiger partial charge in [0.25, 0.3) is 0 Å². The third kappa shape index (κ3) is 1.86. The van der Waals surface area contributed by atoms with Gasteiger partial charge in [0.1, 0.15) is 0 Å². The highest BCUT2D eigenvalue weighted by Crippen LogP contribution is 2.19. The van der Waals surface area contributed by atoms with E-state index in [9.17, 15) is 0 Å². The fraction of sp³-hybridized carbons (Fsp3) is 0.364. The molecule has 0 saturated carbocycles. The molecule has 65 valence electrons. The smallest absolute Gasteiger partial charge is 0.0534 e. The van der Waals surface area contributed by atoms with Gasteiger partial charge in [0.05, 0.1) is 6.61 Å². The lowest BCUT2D eigenvalue weighted by molar-refractivity contribution is 0.314. The molecular weight excluding hydrogens is 148 g/mol. The Morgan fingerprint density at radius 1 is 1.33 bits per heavy atom. The lowest BCUT2D eigenvalue weighted by atomic mass is 9.95. The van der Waals surface area contributed by atoms with Crippen LogP contribution in [0.2, 0.25) is 0 Å². The van der Waals surface area contributed by atoms with Gasteiger partial charge in [-0.15, -0.1) is 0 Å². The zero-order valence-corrected chi connectivity index (χ0v) is 7.89. The molecule has 0 fully saturated rings. The molecule has 1 N–H and O–H groups in total. The van der Waals surface area contributed by atoms with Gasteiger partial charge in [-0.05, 0) is 25.0 Å². The summed E-state index contributed by atoms with van der Waals surface area (Å²) in [7, 11) is 0. The summed E-state index contributed by atoms with van der Waals surface area (Å²) in [5.41, 5.74) is 3.65. The first kappa shape index (κ1) is 9.27. The minimum atomic E-state index is 0.143. The minimum absolute atomic E-state index is 0.143. The van der Waals surface area contributed by atoms with Gasteiger partial charge in [0.15, 0.2) is 0 Å². The Labute approximate surface area is 74.1 Å². The summed E-state index contributed by atoms with van der Waals surface area (Å²) in [6, 6.07) is 6.29. The minimum Gasteiger partial charge on any atom is -0.395 e. The van der Waals surface area contributed by atoms with Gasteiger partial charge in [-0.3, -0.25) is 0 Å². The Kier molecular flexibility index (Phi) is 2.88. The van der Waals surface area contributed by atoms with Crippen LogP contribution in [0.4, 0.5) is 0 Å². The summed E-state index contributed by atoms with van der Waals surface area (Å²) in [6.07, 6.45) is 0. The van der Waals surface area contributed by atoms with Crippen molar-refractivity contribution in [2.45, 2.75) is 20.8 Å². The van der Waals surface area contributed by atoms with E-state index in [2.05, 4.69) is 32.0 Å². The van der Waals surface area contributed by atoms with E-state index in [1.54, 1.807) is 0 Å². The van der Waals surface area contributed by atoms with E-state index in [0.717, 1.165) is 5.92 Å². The number of hydrogen-bond donors (Lipinski definition) is 1. The lowest BCUT2D eigenvalue weighted by Crippen LogP contribution is -2.02. The Bertz CT molecular complexity index is 266. The summed E-state index contributed by atoms with van der Waals surface area (Å²) >= 11 is 0. The van der Waals surface area contributed by atoms with E-state index >= 15 is 0 Å². The Balaban J connectivity index is 3.04. The highest BCUT2D eigenvalue weighted by molar-refractivity contribution is 5.39. The van der Waals surface area contributed by atoms with Crippen molar-refractivity contribution in [3.8, 4) is 0 Å². The highest BCUT2D eigenvalue weighted by atomic mass is 16.3. The number of aryl methyl sites for hydroxylation is 2. The van der Waals surface area contributed by atoms with Crippen molar-refractivity contribution >= 4 is 0 Å². The van der Waals surface area contributed by atoms with Crippen LogP contribution in [0.5, 0.6) is 0 Å². The van der Waals surface area contributed by atoms with Crippen molar-refractivity contribution in [3.63, 3.8) is 0 Å². The molecule has 1 aromatic carbocycles. The zero-order valence-electron chi connectivity index (χ0n) is 7.89. The number of rotatable bonds is 2. The predicted octanol–water partition coefficient (Wildman–Crippen LogP) is 2.24. The summed E-state index contributed by atoms with van der Waals surface area (Å²) in [5.74, 6) is 1.04. The van der Waals surface area contributed by atoms with Gasteiger partial charge in [-0.1, -0.05) is 30.7 Å². The fourth-order valence-corrected chi connectivity index (χ4v) is 1.28. The van der Waals surface area contributed by atoms with Crippen LogP contribution in [0, 0.1) is 19.8 Å². The molecule has 0 atom stereocenters. The summed E-state index contributed by atoms with van der Waals surface area (Å²) in [6.45, 7) is 6.23. The molecular formula is C11H15O. The van der Waals surface area contributed by atoms with E-state index in [1.807, 2.05) is 6.92 Å². The molecule has 1 heteroatoms. The van der Waals surface area contributed by atoms with Gasteiger partial charge in [0, 0.05) is 5.92 Å². The van der Waals surface area contributed by atoms with Crippen LogP contribution in [0.3, 0.4) is 0 Å². The maximum Gasteiger partial charge on any atom is 0.0534 e. The van der Waals surface area contributed by atoms with Crippen molar-refractivity contribution in [1.82, 2.24) is 0 Å². The van der Waals surface area contributed by atoms with Crippen LogP contribution in [-0.4, -0.2) is 11.7 Å². The molecule has 0 aliphatic heterocycles. The molecule has 1 radical (unpaired) electrons. The van der Waals surface area contributed by atoms with Crippen LogP contribution in [0.15, 0.2) is 18.2 Å². The Hall–Kier alpha value is -0.820. The molecule has 1 rings (SSSR count). The molecule has 0 aliphatic rings. The van der Waals surface area contributed by atoms with E-state index in [0.29, 0.717) is 0 Å². The predicted molar refractivity (Wildman–Crippen MR) is 51.0 cm³/mol. The topological polar surface area (TPSA) is 20.2 Å². The third-order valence-electron chi connectivity index (χ3n) is 2.09. The molecule has 0 heterocycles. The van der Waals surface area contributed by atoms with Gasteiger partial charge in [-0.25, -0.2) is 0 Å². The van der Waals surface area contributed by atoms with Crippen molar-refractivity contribution < 1.29 is 5.11 Å². The Morgan fingerprint density at radius 2 is 2.00 bits per heavy atom. The average molecular weight is 163 g/mol. The van der Waals surface area contributed by atoms with Crippen LogP contribution in [-0.2, 0) is 0 Å². The highest BCUT2D eigenvalue weighted by Gasteiger charge is 2.07.